The van der Waals surface area contributed by atoms with E-state index in [1.165, 1.54) is 0 Å². The smallest absolute Gasteiger partial charge is 0.274 e. The molecule has 3 aromatic rings. The molecule has 0 aliphatic heterocycles. The monoisotopic (exact) mass is 437 g/mol. The summed E-state index contributed by atoms with van der Waals surface area (Å²) in [6.07, 6.45) is 5.85. The van der Waals surface area contributed by atoms with Gasteiger partial charge in [-0.25, -0.2) is 5.48 Å². The molecule has 3 rings (SSSR count). The average Bonchev–Trinajstić information content (AvgIpc) is 3.21. The number of rotatable bonds is 10. The van der Waals surface area contributed by atoms with Crippen molar-refractivity contribution in [3.8, 4) is 5.75 Å². The maximum absolute atomic E-state index is 12.7. The number of carbonyl (C=O) groups is 2. The van der Waals surface area contributed by atoms with Gasteiger partial charge in [0.05, 0.1) is 19.2 Å². The molecule has 0 bridgehead atoms. The van der Waals surface area contributed by atoms with Gasteiger partial charge in [-0.3, -0.25) is 14.8 Å². The first kappa shape index (κ1) is 23.3. The maximum atomic E-state index is 12.7. The summed E-state index contributed by atoms with van der Waals surface area (Å²) in [6, 6.07) is 13.0. The van der Waals surface area contributed by atoms with Gasteiger partial charge < -0.3 is 14.6 Å². The van der Waals surface area contributed by atoms with Crippen LogP contribution in [0.25, 0.3) is 10.9 Å². The molecule has 0 aliphatic rings. The van der Waals surface area contributed by atoms with Crippen LogP contribution in [0.4, 0.5) is 5.69 Å². The second kappa shape index (κ2) is 10.8. The summed E-state index contributed by atoms with van der Waals surface area (Å²) >= 11 is 0. The molecular weight excluding hydrogens is 406 g/mol. The normalized spacial score (nSPS) is 11.9. The average molecular weight is 438 g/mol. The van der Waals surface area contributed by atoms with Crippen molar-refractivity contribution < 1.29 is 19.5 Å². The van der Waals surface area contributed by atoms with Crippen LogP contribution in [-0.2, 0) is 11.3 Å². The number of anilines is 1. The van der Waals surface area contributed by atoms with Crippen molar-refractivity contribution in [2.75, 3.05) is 12.4 Å². The Kier molecular flexibility index (Phi) is 7.89. The molecule has 170 valence electrons. The van der Waals surface area contributed by atoms with Crippen LogP contribution in [-0.4, -0.2) is 28.7 Å². The molecule has 2 aromatic carbocycles. The number of nitrogens with zero attached hydrogens (tertiary/aromatic N) is 1. The van der Waals surface area contributed by atoms with Gasteiger partial charge in [0, 0.05) is 28.9 Å². The van der Waals surface area contributed by atoms with Crippen molar-refractivity contribution in [2.24, 2.45) is 5.92 Å². The van der Waals surface area contributed by atoms with Crippen LogP contribution < -0.4 is 15.5 Å². The van der Waals surface area contributed by atoms with Crippen LogP contribution in [0.15, 0.2) is 48.7 Å². The van der Waals surface area contributed by atoms with E-state index in [-0.39, 0.29) is 11.8 Å². The standard InChI is InChI=1S/C25H31N3O4/c1-4-6-7-17(5-2)24(29)26-21-11-10-18-12-13-28(22(18)15-21)16-20-9-8-19(25(30)27-31)14-23(20)32-3/h8-15,17,31H,4-7,16H2,1-3H3,(H,26,29)(H,27,30). The van der Waals surface area contributed by atoms with Gasteiger partial charge in [0.2, 0.25) is 5.91 Å². The summed E-state index contributed by atoms with van der Waals surface area (Å²) in [7, 11) is 1.55. The van der Waals surface area contributed by atoms with E-state index in [9.17, 15) is 9.59 Å². The van der Waals surface area contributed by atoms with E-state index in [0.717, 1.165) is 47.8 Å². The highest BCUT2D eigenvalue weighted by molar-refractivity contribution is 5.95. The number of hydrogen-bond donors (Lipinski definition) is 3. The Hall–Kier alpha value is -3.32. The van der Waals surface area contributed by atoms with E-state index >= 15 is 0 Å². The third-order valence-corrected chi connectivity index (χ3v) is 5.80. The number of methoxy groups -OCH3 is 1. The van der Waals surface area contributed by atoms with Gasteiger partial charge in [-0.1, -0.05) is 38.8 Å². The fraction of sp³-hybridized carbons (Fsp3) is 0.360. The van der Waals surface area contributed by atoms with Crippen molar-refractivity contribution >= 4 is 28.4 Å². The molecule has 0 spiro atoms. The second-order valence-corrected chi connectivity index (χ2v) is 7.92. The molecule has 7 heteroatoms. The molecule has 1 atom stereocenters. The Bertz CT molecular complexity index is 1090. The first-order valence-corrected chi connectivity index (χ1v) is 11.0. The number of nitrogens with one attached hydrogen (secondary N) is 2. The largest absolute Gasteiger partial charge is 0.496 e. The molecule has 0 aliphatic carbocycles. The van der Waals surface area contributed by atoms with E-state index in [1.54, 1.807) is 30.8 Å². The molecule has 2 amide bonds. The zero-order valence-corrected chi connectivity index (χ0v) is 18.9. The summed E-state index contributed by atoms with van der Waals surface area (Å²) in [5.74, 6) is 0.0549. The van der Waals surface area contributed by atoms with E-state index in [1.807, 2.05) is 30.5 Å². The Balaban J connectivity index is 1.83. The highest BCUT2D eigenvalue weighted by Crippen LogP contribution is 2.26. The molecule has 0 radical (unpaired) electrons. The van der Waals surface area contributed by atoms with Gasteiger partial charge in [0.1, 0.15) is 5.75 Å². The lowest BCUT2D eigenvalue weighted by molar-refractivity contribution is -0.120. The van der Waals surface area contributed by atoms with Gasteiger partial charge in [-0.15, -0.1) is 0 Å². The fourth-order valence-electron chi connectivity index (χ4n) is 3.88. The first-order chi connectivity index (χ1) is 15.5. The maximum Gasteiger partial charge on any atom is 0.274 e. The lowest BCUT2D eigenvalue weighted by atomic mass is 9.98. The van der Waals surface area contributed by atoms with E-state index < -0.39 is 5.91 Å². The third kappa shape index (κ3) is 5.29. The fourth-order valence-corrected chi connectivity index (χ4v) is 3.88. The Morgan fingerprint density at radius 2 is 1.94 bits per heavy atom. The minimum atomic E-state index is -0.592. The van der Waals surface area contributed by atoms with Crippen molar-refractivity contribution in [1.82, 2.24) is 10.0 Å². The number of amides is 2. The van der Waals surface area contributed by atoms with E-state index in [2.05, 4.69) is 23.7 Å². The van der Waals surface area contributed by atoms with Crippen molar-refractivity contribution in [2.45, 2.75) is 46.1 Å². The SMILES string of the molecule is CCCCC(CC)C(=O)Nc1ccc2ccn(Cc3ccc(C(=O)NO)cc3OC)c2c1. The van der Waals surface area contributed by atoms with E-state index in [4.69, 9.17) is 9.94 Å². The van der Waals surface area contributed by atoms with Crippen molar-refractivity contribution in [1.29, 1.82) is 0 Å². The van der Waals surface area contributed by atoms with Gasteiger partial charge in [0.25, 0.3) is 5.91 Å². The molecule has 0 saturated carbocycles. The summed E-state index contributed by atoms with van der Waals surface area (Å²) in [5.41, 5.74) is 4.60. The van der Waals surface area contributed by atoms with Gasteiger partial charge >= 0.3 is 0 Å². The van der Waals surface area contributed by atoms with Crippen molar-refractivity contribution in [3.05, 3.63) is 59.8 Å². The first-order valence-electron chi connectivity index (χ1n) is 11.0. The topological polar surface area (TPSA) is 92.6 Å². The molecule has 0 saturated heterocycles. The third-order valence-electron chi connectivity index (χ3n) is 5.80. The molecule has 3 N–H and O–H groups in total. The Morgan fingerprint density at radius 1 is 1.12 bits per heavy atom. The van der Waals surface area contributed by atoms with Crippen LogP contribution in [0.1, 0.15) is 55.5 Å². The summed E-state index contributed by atoms with van der Waals surface area (Å²) in [6.45, 7) is 4.72. The van der Waals surface area contributed by atoms with Crippen LogP contribution >= 0.6 is 0 Å². The van der Waals surface area contributed by atoms with Crippen LogP contribution in [0.3, 0.4) is 0 Å². The van der Waals surface area contributed by atoms with Gasteiger partial charge in [-0.2, -0.15) is 0 Å². The van der Waals surface area contributed by atoms with Crippen LogP contribution in [0.5, 0.6) is 5.75 Å². The lowest BCUT2D eigenvalue weighted by Gasteiger charge is -2.15. The number of carbonyl (C=O) groups excluding carboxylic acids is 2. The minimum absolute atomic E-state index is 0.0244. The summed E-state index contributed by atoms with van der Waals surface area (Å²) < 4.78 is 7.53. The molecule has 1 heterocycles. The second-order valence-electron chi connectivity index (χ2n) is 7.92. The van der Waals surface area contributed by atoms with Crippen LogP contribution in [0.2, 0.25) is 0 Å². The number of unbranched alkanes of at least 4 members (excludes halogenated alkanes) is 1. The zero-order chi connectivity index (χ0) is 23.1. The number of ether oxygens (including phenoxy) is 1. The van der Waals surface area contributed by atoms with Gasteiger partial charge in [0.15, 0.2) is 0 Å². The van der Waals surface area contributed by atoms with E-state index in [0.29, 0.717) is 17.9 Å². The number of hydrogen-bond acceptors (Lipinski definition) is 4. The number of hydroxylamine groups is 1. The number of aromatic nitrogens is 1. The molecule has 1 unspecified atom stereocenters. The molecular formula is C25H31N3O4. The molecule has 32 heavy (non-hydrogen) atoms. The number of benzene rings is 2. The predicted molar refractivity (Wildman–Crippen MR) is 125 cm³/mol. The van der Waals surface area contributed by atoms with Crippen molar-refractivity contribution in [3.63, 3.8) is 0 Å². The predicted octanol–water partition coefficient (Wildman–Crippen LogP) is 4.97. The Morgan fingerprint density at radius 3 is 2.62 bits per heavy atom. The summed E-state index contributed by atoms with van der Waals surface area (Å²) in [4.78, 5) is 24.4. The highest BCUT2D eigenvalue weighted by Gasteiger charge is 2.16. The molecule has 1 aromatic heterocycles. The number of fused-ring (bicyclic) bond motifs is 1. The summed E-state index contributed by atoms with van der Waals surface area (Å²) in [5, 5.41) is 13.0. The molecule has 7 nitrogen and oxygen atoms in total. The minimum Gasteiger partial charge on any atom is -0.496 e. The molecule has 0 fully saturated rings. The van der Waals surface area contributed by atoms with Crippen LogP contribution in [0, 0.1) is 5.92 Å². The zero-order valence-electron chi connectivity index (χ0n) is 18.9. The highest BCUT2D eigenvalue weighted by atomic mass is 16.5. The Labute approximate surface area is 188 Å². The van der Waals surface area contributed by atoms with Gasteiger partial charge in [-0.05, 0) is 48.6 Å². The quantitative estimate of drug-likeness (QED) is 0.308. The lowest BCUT2D eigenvalue weighted by Crippen LogP contribution is -2.22.